The molecule has 1 aromatic rings. The van der Waals surface area contributed by atoms with Gasteiger partial charge in [-0.15, -0.1) is 0 Å². The van der Waals surface area contributed by atoms with Crippen LogP contribution in [-0.2, 0) is 9.53 Å². The fourth-order valence-electron chi connectivity index (χ4n) is 1.83. The van der Waals surface area contributed by atoms with Crippen molar-refractivity contribution in [1.29, 1.82) is 0 Å². The summed E-state index contributed by atoms with van der Waals surface area (Å²) in [6.45, 7) is 5.83. The standard InChI is InChI=1S/C16H19NO4/c1-16(2,3)15-17-11(14(18)21-15)8-10-6-7-12(19-4)13(9-10)20-5/h6-9H,1-5H3/b11-8+. The highest BCUT2D eigenvalue weighted by Crippen LogP contribution is 2.30. The molecule has 0 atom stereocenters. The number of methoxy groups -OCH3 is 2. The predicted octanol–water partition coefficient (Wildman–Crippen LogP) is 3.05. The number of cyclic esters (lactones) is 1. The van der Waals surface area contributed by atoms with Crippen molar-refractivity contribution in [3.05, 3.63) is 29.5 Å². The number of hydrogen-bond donors (Lipinski definition) is 0. The highest BCUT2D eigenvalue weighted by Gasteiger charge is 2.31. The van der Waals surface area contributed by atoms with Crippen LogP contribution in [-0.4, -0.2) is 26.1 Å². The number of carbonyl (C=O) groups is 1. The van der Waals surface area contributed by atoms with Crippen molar-refractivity contribution in [2.45, 2.75) is 20.8 Å². The lowest BCUT2D eigenvalue weighted by Crippen LogP contribution is -2.21. The summed E-state index contributed by atoms with van der Waals surface area (Å²) < 4.78 is 15.6. The maximum atomic E-state index is 11.9. The zero-order valence-electron chi connectivity index (χ0n) is 12.9. The van der Waals surface area contributed by atoms with E-state index < -0.39 is 5.97 Å². The average Bonchev–Trinajstić information content (AvgIpc) is 2.80. The second-order valence-electron chi connectivity index (χ2n) is 5.70. The Morgan fingerprint density at radius 3 is 2.33 bits per heavy atom. The fourth-order valence-corrected chi connectivity index (χ4v) is 1.83. The maximum Gasteiger partial charge on any atom is 0.363 e. The Bertz CT molecular complexity index is 624. The van der Waals surface area contributed by atoms with Crippen molar-refractivity contribution in [2.75, 3.05) is 14.2 Å². The third kappa shape index (κ3) is 3.24. The zero-order chi connectivity index (χ0) is 15.6. The van der Waals surface area contributed by atoms with Gasteiger partial charge in [-0.1, -0.05) is 26.8 Å². The molecule has 0 saturated heterocycles. The minimum absolute atomic E-state index is 0.284. The largest absolute Gasteiger partial charge is 0.493 e. The summed E-state index contributed by atoms with van der Waals surface area (Å²) in [6, 6.07) is 5.38. The van der Waals surface area contributed by atoms with Gasteiger partial charge < -0.3 is 14.2 Å². The highest BCUT2D eigenvalue weighted by atomic mass is 16.6. The van der Waals surface area contributed by atoms with Crippen LogP contribution in [0.2, 0.25) is 0 Å². The van der Waals surface area contributed by atoms with E-state index in [0.717, 1.165) is 5.56 Å². The van der Waals surface area contributed by atoms with E-state index in [1.807, 2.05) is 26.8 Å². The first-order valence-corrected chi connectivity index (χ1v) is 6.60. The molecule has 1 heterocycles. The molecule has 5 nitrogen and oxygen atoms in total. The first kappa shape index (κ1) is 15.1. The van der Waals surface area contributed by atoms with Crippen molar-refractivity contribution in [1.82, 2.24) is 0 Å². The van der Waals surface area contributed by atoms with Gasteiger partial charge in [-0.25, -0.2) is 9.79 Å². The molecule has 2 rings (SSSR count). The van der Waals surface area contributed by atoms with Crippen LogP contribution in [0.25, 0.3) is 6.08 Å². The highest BCUT2D eigenvalue weighted by molar-refractivity contribution is 6.08. The molecule has 0 aromatic heterocycles. The van der Waals surface area contributed by atoms with Crippen LogP contribution in [0.4, 0.5) is 0 Å². The molecule has 0 amide bonds. The summed E-state index contributed by atoms with van der Waals surface area (Å²) >= 11 is 0. The van der Waals surface area contributed by atoms with Crippen LogP contribution in [0.15, 0.2) is 28.9 Å². The fraction of sp³-hybridized carbons (Fsp3) is 0.375. The van der Waals surface area contributed by atoms with Crippen LogP contribution < -0.4 is 9.47 Å². The smallest absolute Gasteiger partial charge is 0.363 e. The molecule has 1 aromatic carbocycles. The Morgan fingerprint density at radius 1 is 1.14 bits per heavy atom. The first-order valence-electron chi connectivity index (χ1n) is 6.60. The second-order valence-corrected chi connectivity index (χ2v) is 5.70. The van der Waals surface area contributed by atoms with Gasteiger partial charge in [0.1, 0.15) is 0 Å². The minimum atomic E-state index is -0.435. The Hall–Kier alpha value is -2.30. The minimum Gasteiger partial charge on any atom is -0.493 e. The Labute approximate surface area is 124 Å². The topological polar surface area (TPSA) is 57.1 Å². The van der Waals surface area contributed by atoms with Crippen molar-refractivity contribution >= 4 is 17.9 Å². The molecule has 0 fully saturated rings. The van der Waals surface area contributed by atoms with Gasteiger partial charge in [0, 0.05) is 5.41 Å². The molecule has 0 unspecified atom stereocenters. The molecule has 0 saturated carbocycles. The predicted molar refractivity (Wildman–Crippen MR) is 80.5 cm³/mol. The zero-order valence-corrected chi connectivity index (χ0v) is 12.9. The van der Waals surface area contributed by atoms with E-state index in [9.17, 15) is 4.79 Å². The normalized spacial score (nSPS) is 16.7. The lowest BCUT2D eigenvalue weighted by Gasteiger charge is -2.15. The molecule has 5 heteroatoms. The number of carbonyl (C=O) groups excluding carboxylic acids is 1. The summed E-state index contributed by atoms with van der Waals surface area (Å²) in [5, 5.41) is 0. The van der Waals surface area contributed by atoms with Crippen LogP contribution in [0.5, 0.6) is 11.5 Å². The van der Waals surface area contributed by atoms with Gasteiger partial charge in [-0.3, -0.25) is 0 Å². The van der Waals surface area contributed by atoms with Crippen molar-refractivity contribution < 1.29 is 19.0 Å². The number of nitrogens with zero attached hydrogens (tertiary/aromatic N) is 1. The molecule has 21 heavy (non-hydrogen) atoms. The summed E-state index contributed by atoms with van der Waals surface area (Å²) in [5.74, 6) is 1.22. The van der Waals surface area contributed by atoms with Crippen molar-refractivity contribution in [2.24, 2.45) is 10.4 Å². The molecule has 0 bridgehead atoms. The quantitative estimate of drug-likeness (QED) is 0.634. The van der Waals surface area contributed by atoms with E-state index in [0.29, 0.717) is 17.4 Å². The molecule has 0 N–H and O–H groups in total. The molecule has 0 aliphatic carbocycles. The van der Waals surface area contributed by atoms with Gasteiger partial charge in [-0.05, 0) is 23.8 Å². The van der Waals surface area contributed by atoms with Gasteiger partial charge in [0.2, 0.25) is 5.90 Å². The van der Waals surface area contributed by atoms with Crippen molar-refractivity contribution in [3.63, 3.8) is 0 Å². The number of benzene rings is 1. The third-order valence-electron chi connectivity index (χ3n) is 2.97. The van der Waals surface area contributed by atoms with Gasteiger partial charge in [-0.2, -0.15) is 0 Å². The van der Waals surface area contributed by atoms with E-state index in [2.05, 4.69) is 4.99 Å². The number of rotatable bonds is 3. The summed E-state index contributed by atoms with van der Waals surface area (Å²) in [4.78, 5) is 16.1. The van der Waals surface area contributed by atoms with Crippen LogP contribution in [0.3, 0.4) is 0 Å². The Morgan fingerprint density at radius 2 is 1.81 bits per heavy atom. The summed E-state index contributed by atoms with van der Waals surface area (Å²) in [5.41, 5.74) is 0.772. The number of aliphatic imine (C=N–C) groups is 1. The van der Waals surface area contributed by atoms with Gasteiger partial charge >= 0.3 is 5.97 Å². The van der Waals surface area contributed by atoms with E-state index >= 15 is 0 Å². The first-order chi connectivity index (χ1) is 9.85. The Kier molecular flexibility index (Phi) is 4.02. The van der Waals surface area contributed by atoms with E-state index in [1.165, 1.54) is 0 Å². The maximum absolute atomic E-state index is 11.9. The van der Waals surface area contributed by atoms with Gasteiger partial charge in [0.05, 0.1) is 14.2 Å². The Balaban J connectivity index is 2.36. The van der Waals surface area contributed by atoms with E-state index in [-0.39, 0.29) is 11.1 Å². The monoisotopic (exact) mass is 289 g/mol. The van der Waals surface area contributed by atoms with Gasteiger partial charge in [0.15, 0.2) is 17.2 Å². The summed E-state index contributed by atoms with van der Waals surface area (Å²) in [6.07, 6.45) is 1.67. The van der Waals surface area contributed by atoms with Gasteiger partial charge in [0.25, 0.3) is 0 Å². The number of esters is 1. The van der Waals surface area contributed by atoms with Crippen LogP contribution in [0, 0.1) is 5.41 Å². The van der Waals surface area contributed by atoms with Crippen LogP contribution in [0.1, 0.15) is 26.3 Å². The van der Waals surface area contributed by atoms with E-state index in [4.69, 9.17) is 14.2 Å². The number of ether oxygens (including phenoxy) is 3. The number of hydrogen-bond acceptors (Lipinski definition) is 5. The molecular formula is C16H19NO4. The lowest BCUT2D eigenvalue weighted by molar-refractivity contribution is -0.130. The molecular weight excluding hydrogens is 270 g/mol. The van der Waals surface area contributed by atoms with Crippen molar-refractivity contribution in [3.8, 4) is 11.5 Å². The lowest BCUT2D eigenvalue weighted by atomic mass is 9.97. The molecule has 112 valence electrons. The second kappa shape index (κ2) is 5.60. The average molecular weight is 289 g/mol. The SMILES string of the molecule is COc1ccc(/C=C2/N=C(C(C)(C)C)OC2=O)cc1OC. The van der Waals surface area contributed by atoms with Crippen LogP contribution >= 0.6 is 0 Å². The molecule has 1 aliphatic rings. The van der Waals surface area contributed by atoms with E-state index in [1.54, 1.807) is 32.4 Å². The molecule has 0 spiro atoms. The third-order valence-corrected chi connectivity index (χ3v) is 2.97. The molecule has 1 aliphatic heterocycles. The summed E-state index contributed by atoms with van der Waals surface area (Å²) in [7, 11) is 3.14. The molecule has 0 radical (unpaired) electrons.